The molecule has 162 valence electrons. The van der Waals surface area contributed by atoms with Crippen molar-refractivity contribution >= 4 is 89.5 Å². The van der Waals surface area contributed by atoms with Crippen LogP contribution in [0.3, 0.4) is 0 Å². The van der Waals surface area contributed by atoms with Crippen LogP contribution in [0, 0.1) is 0 Å². The molecular formula is C22H10N2O5S4. The van der Waals surface area contributed by atoms with Gasteiger partial charge < -0.3 is 4.42 Å². The summed E-state index contributed by atoms with van der Waals surface area (Å²) in [5, 5.41) is 4.41. The minimum Gasteiger partial charge on any atom is -0.444 e. The second-order valence-corrected chi connectivity index (χ2v) is 11.6. The fourth-order valence-electron chi connectivity index (χ4n) is 4.27. The van der Waals surface area contributed by atoms with Gasteiger partial charge in [0.25, 0.3) is 23.6 Å². The summed E-state index contributed by atoms with van der Waals surface area (Å²) < 4.78 is 7.05. The van der Waals surface area contributed by atoms with Crippen molar-refractivity contribution in [3.63, 3.8) is 0 Å². The van der Waals surface area contributed by atoms with Crippen molar-refractivity contribution < 1.29 is 23.6 Å². The molecule has 7 rings (SSSR count). The van der Waals surface area contributed by atoms with Crippen LogP contribution in [0.2, 0.25) is 0 Å². The molecule has 5 aromatic rings. The summed E-state index contributed by atoms with van der Waals surface area (Å²) >= 11 is 5.73. The molecule has 0 saturated heterocycles. The van der Waals surface area contributed by atoms with E-state index in [0.29, 0.717) is 22.3 Å². The van der Waals surface area contributed by atoms with Crippen LogP contribution in [-0.4, -0.2) is 47.5 Å². The second kappa shape index (κ2) is 6.26. The fourth-order valence-corrected chi connectivity index (χ4v) is 8.78. The molecule has 7 nitrogen and oxygen atoms in total. The molecule has 0 unspecified atom stereocenters. The highest BCUT2D eigenvalue weighted by atomic mass is 32.1. The van der Waals surface area contributed by atoms with E-state index in [4.69, 9.17) is 4.42 Å². The Kier molecular flexibility index (Phi) is 3.67. The van der Waals surface area contributed by atoms with Crippen molar-refractivity contribution in [3.8, 4) is 19.5 Å². The van der Waals surface area contributed by atoms with Gasteiger partial charge >= 0.3 is 0 Å². The largest absolute Gasteiger partial charge is 0.444 e. The Labute approximate surface area is 201 Å². The Morgan fingerprint density at radius 1 is 0.727 bits per heavy atom. The Morgan fingerprint density at radius 3 is 1.85 bits per heavy atom. The highest BCUT2D eigenvalue weighted by Gasteiger charge is 2.38. The average molecular weight is 511 g/mol. The standard InChI is InChI=1S/C22H10N2O5S4/c1-23-18(25)8-5-30-16(13(8)20(23)27)11-3-7-15-10(29-22(7)33-11)4-12(32-15)17-14-9(6-31-17)19(26)24(2)21(14)28/h3-6H,1-2H3. The molecule has 2 aliphatic rings. The van der Waals surface area contributed by atoms with Crippen LogP contribution in [0.15, 0.2) is 27.3 Å². The van der Waals surface area contributed by atoms with E-state index < -0.39 is 0 Å². The molecule has 0 N–H and O–H groups in total. The summed E-state index contributed by atoms with van der Waals surface area (Å²) in [5.41, 5.74) is 2.54. The third-order valence-corrected chi connectivity index (χ3v) is 10.5. The van der Waals surface area contributed by atoms with E-state index in [2.05, 4.69) is 0 Å². The Balaban J connectivity index is 1.35. The van der Waals surface area contributed by atoms with Crippen LogP contribution in [0.25, 0.3) is 40.1 Å². The molecule has 0 fully saturated rings. The number of furan rings is 1. The number of hydrogen-bond acceptors (Lipinski definition) is 9. The third-order valence-electron chi connectivity index (χ3n) is 5.98. The number of fused-ring (bicyclic) bond motifs is 5. The fraction of sp³-hybridized carbons (Fsp3) is 0.0909. The highest BCUT2D eigenvalue weighted by Crippen LogP contribution is 2.49. The number of nitrogens with zero attached hydrogens (tertiary/aromatic N) is 2. The van der Waals surface area contributed by atoms with E-state index in [-0.39, 0.29) is 23.6 Å². The summed E-state index contributed by atoms with van der Waals surface area (Å²) in [5.74, 6) is -1.11. The molecule has 5 aromatic heterocycles. The maximum Gasteiger partial charge on any atom is 0.262 e. The normalized spacial score (nSPS) is 15.7. The van der Waals surface area contributed by atoms with Gasteiger partial charge in [0.2, 0.25) is 0 Å². The van der Waals surface area contributed by atoms with Crippen LogP contribution in [0.5, 0.6) is 0 Å². The number of amides is 4. The highest BCUT2D eigenvalue weighted by molar-refractivity contribution is 7.29. The quantitative estimate of drug-likeness (QED) is 0.288. The van der Waals surface area contributed by atoms with Crippen LogP contribution < -0.4 is 0 Å². The third kappa shape index (κ3) is 2.32. The molecule has 0 spiro atoms. The molecular weight excluding hydrogens is 501 g/mol. The molecule has 0 bridgehead atoms. The average Bonchev–Trinajstić information content (AvgIpc) is 3.61. The lowest BCUT2D eigenvalue weighted by molar-refractivity contribution is 0.0678. The van der Waals surface area contributed by atoms with Gasteiger partial charge in [-0.2, -0.15) is 0 Å². The molecule has 7 heterocycles. The van der Waals surface area contributed by atoms with Gasteiger partial charge in [0.05, 0.1) is 42.1 Å². The Bertz CT molecular complexity index is 1620. The zero-order valence-corrected chi connectivity index (χ0v) is 20.1. The monoisotopic (exact) mass is 510 g/mol. The van der Waals surface area contributed by atoms with Gasteiger partial charge in [-0.05, 0) is 6.07 Å². The molecule has 0 atom stereocenters. The van der Waals surface area contributed by atoms with Crippen LogP contribution in [0.1, 0.15) is 41.4 Å². The van der Waals surface area contributed by atoms with Crippen LogP contribution in [-0.2, 0) is 0 Å². The number of rotatable bonds is 2. The van der Waals surface area contributed by atoms with Crippen LogP contribution >= 0.6 is 45.3 Å². The van der Waals surface area contributed by atoms with Gasteiger partial charge in [0, 0.05) is 40.7 Å². The van der Waals surface area contributed by atoms with Gasteiger partial charge in [-0.1, -0.05) is 11.3 Å². The zero-order valence-electron chi connectivity index (χ0n) is 16.9. The first kappa shape index (κ1) is 19.4. The van der Waals surface area contributed by atoms with Crippen LogP contribution in [0.4, 0.5) is 0 Å². The molecule has 0 aliphatic carbocycles. The maximum absolute atomic E-state index is 12.6. The lowest BCUT2D eigenvalue weighted by Gasteiger charge is -2.04. The van der Waals surface area contributed by atoms with E-state index in [1.807, 2.05) is 12.1 Å². The van der Waals surface area contributed by atoms with Crippen molar-refractivity contribution in [1.29, 1.82) is 0 Å². The molecule has 0 radical (unpaired) electrons. The van der Waals surface area contributed by atoms with Gasteiger partial charge in [-0.25, -0.2) is 0 Å². The Morgan fingerprint density at radius 2 is 1.27 bits per heavy atom. The molecule has 33 heavy (non-hydrogen) atoms. The van der Waals surface area contributed by atoms with Gasteiger partial charge in [-0.3, -0.25) is 29.0 Å². The maximum atomic E-state index is 12.6. The predicted molar refractivity (Wildman–Crippen MR) is 129 cm³/mol. The van der Waals surface area contributed by atoms with E-state index in [1.165, 1.54) is 59.4 Å². The van der Waals surface area contributed by atoms with E-state index in [9.17, 15) is 19.2 Å². The van der Waals surface area contributed by atoms with Crippen molar-refractivity contribution in [2.24, 2.45) is 0 Å². The van der Waals surface area contributed by atoms with E-state index >= 15 is 0 Å². The summed E-state index contributed by atoms with van der Waals surface area (Å²) in [4.78, 5) is 56.0. The summed E-state index contributed by atoms with van der Waals surface area (Å²) in [6.07, 6.45) is 0. The smallest absolute Gasteiger partial charge is 0.262 e. The number of hydrogen-bond donors (Lipinski definition) is 0. The van der Waals surface area contributed by atoms with E-state index in [1.54, 1.807) is 10.8 Å². The zero-order chi connectivity index (χ0) is 22.8. The summed E-state index contributed by atoms with van der Waals surface area (Å²) in [6, 6.07) is 3.91. The molecule has 4 amide bonds. The molecule has 0 saturated carbocycles. The van der Waals surface area contributed by atoms with Gasteiger partial charge in [0.1, 0.15) is 5.58 Å². The number of imide groups is 2. The molecule has 0 aromatic carbocycles. The SMILES string of the molecule is CN1C(=O)c2csc(-c3cc4c(oc5cc(-c6scc7c6C(=O)N(C)C7=O)sc54)s3)c2C1=O. The van der Waals surface area contributed by atoms with Crippen molar-refractivity contribution in [2.45, 2.75) is 0 Å². The number of thiophene rings is 4. The summed E-state index contributed by atoms with van der Waals surface area (Å²) in [7, 11) is 2.99. The first-order valence-corrected chi connectivity index (χ1v) is 13.1. The number of carbonyl (C=O) groups excluding carboxylic acids is 4. The lowest BCUT2D eigenvalue weighted by Crippen LogP contribution is -2.24. The van der Waals surface area contributed by atoms with Crippen molar-refractivity contribution in [1.82, 2.24) is 9.80 Å². The molecule has 2 aliphatic heterocycles. The first-order chi connectivity index (χ1) is 15.8. The summed E-state index contributed by atoms with van der Waals surface area (Å²) in [6.45, 7) is 0. The van der Waals surface area contributed by atoms with Gasteiger partial charge in [0.15, 0.2) is 4.90 Å². The molecule has 11 heteroatoms. The van der Waals surface area contributed by atoms with Gasteiger partial charge in [-0.15, -0.1) is 34.0 Å². The second-order valence-electron chi connectivity index (χ2n) is 7.76. The Hall–Kier alpha value is -3.12. The lowest BCUT2D eigenvalue weighted by atomic mass is 10.1. The predicted octanol–water partition coefficient (Wildman–Crippen LogP) is 5.62. The number of carbonyl (C=O) groups is 4. The van der Waals surface area contributed by atoms with Crippen molar-refractivity contribution in [2.75, 3.05) is 14.1 Å². The topological polar surface area (TPSA) is 87.9 Å². The minimum absolute atomic E-state index is 0.273. The van der Waals surface area contributed by atoms with Crippen molar-refractivity contribution in [3.05, 3.63) is 45.1 Å². The minimum atomic E-state index is -0.282. The van der Waals surface area contributed by atoms with E-state index in [0.717, 1.165) is 49.9 Å². The first-order valence-electron chi connectivity index (χ1n) is 9.69.